The number of hydrogen-bond donors (Lipinski definition) is 1. The van der Waals surface area contributed by atoms with Gasteiger partial charge >= 0.3 is 0 Å². The number of nitrogens with one attached hydrogen (secondary N) is 1. The summed E-state index contributed by atoms with van der Waals surface area (Å²) >= 11 is 0. The summed E-state index contributed by atoms with van der Waals surface area (Å²) in [6.45, 7) is 8.21. The second-order valence-corrected chi connectivity index (χ2v) is 5.93. The van der Waals surface area contributed by atoms with Crippen LogP contribution in [0.15, 0.2) is 16.4 Å². The molecule has 0 bridgehead atoms. The first-order chi connectivity index (χ1) is 8.81. The molecule has 3 atom stereocenters. The molecule has 1 N–H and O–H groups in total. The molecule has 3 unspecified atom stereocenters. The zero-order valence-electron chi connectivity index (χ0n) is 12.0. The largest absolute Gasteiger partial charge is 0.283 e. The van der Waals surface area contributed by atoms with Crippen LogP contribution in [-0.4, -0.2) is 6.72 Å². The lowest BCUT2D eigenvalue weighted by Crippen LogP contribution is -2.11. The molecule has 0 aliphatic heterocycles. The van der Waals surface area contributed by atoms with Gasteiger partial charge in [0.15, 0.2) is 0 Å². The molecule has 0 amide bonds. The molecule has 0 aromatic carbocycles. The van der Waals surface area contributed by atoms with Gasteiger partial charge in [-0.05, 0) is 61.9 Å². The van der Waals surface area contributed by atoms with E-state index >= 15 is 0 Å². The van der Waals surface area contributed by atoms with E-state index in [4.69, 9.17) is 0 Å². The van der Waals surface area contributed by atoms with Crippen molar-refractivity contribution in [3.8, 4) is 0 Å². The molecule has 2 rings (SSSR count). The number of allylic oxidation sites excluding steroid dienone is 2. The van der Waals surface area contributed by atoms with Crippen LogP contribution in [-0.2, 0) is 0 Å². The van der Waals surface area contributed by atoms with Gasteiger partial charge in [0.2, 0.25) is 0 Å². The molecule has 2 aliphatic rings. The monoisotopic (exact) mass is 248 g/mol. The second-order valence-electron chi connectivity index (χ2n) is 5.93. The van der Waals surface area contributed by atoms with Crippen LogP contribution in [0, 0.1) is 17.8 Å². The first-order valence-electron chi connectivity index (χ1n) is 7.74. The van der Waals surface area contributed by atoms with Crippen molar-refractivity contribution in [2.45, 2.75) is 65.2 Å². The van der Waals surface area contributed by atoms with E-state index < -0.39 is 0 Å². The van der Waals surface area contributed by atoms with Crippen molar-refractivity contribution in [3.05, 3.63) is 11.3 Å². The third-order valence-corrected chi connectivity index (χ3v) is 4.96. The van der Waals surface area contributed by atoms with Crippen LogP contribution < -0.4 is 5.43 Å². The zero-order valence-corrected chi connectivity index (χ0v) is 12.0. The summed E-state index contributed by atoms with van der Waals surface area (Å²) in [7, 11) is 0. The number of fused-ring (bicyclic) bond motifs is 1. The summed E-state index contributed by atoms with van der Waals surface area (Å²) in [5.74, 6) is 3.06. The SMILES string of the molecule is C=NN/C1=C(\CCCC)CCC2C(CC)C2CC1. The summed E-state index contributed by atoms with van der Waals surface area (Å²) < 4.78 is 0. The summed E-state index contributed by atoms with van der Waals surface area (Å²) in [5.41, 5.74) is 6.19. The van der Waals surface area contributed by atoms with Crippen LogP contribution in [0.25, 0.3) is 0 Å². The zero-order chi connectivity index (χ0) is 13.0. The minimum Gasteiger partial charge on any atom is -0.283 e. The minimum atomic E-state index is 1.00. The Bertz CT molecular complexity index is 319. The number of nitrogens with zero attached hydrogens (tertiary/aromatic N) is 1. The van der Waals surface area contributed by atoms with E-state index in [2.05, 4.69) is 31.1 Å². The molecule has 0 saturated heterocycles. The molecule has 1 saturated carbocycles. The molecule has 0 aromatic rings. The highest BCUT2D eigenvalue weighted by atomic mass is 15.3. The van der Waals surface area contributed by atoms with Gasteiger partial charge in [-0.25, -0.2) is 0 Å². The highest BCUT2D eigenvalue weighted by Gasteiger charge is 2.47. The van der Waals surface area contributed by atoms with E-state index in [9.17, 15) is 0 Å². The third-order valence-electron chi connectivity index (χ3n) is 4.96. The highest BCUT2D eigenvalue weighted by Crippen LogP contribution is 2.55. The average molecular weight is 248 g/mol. The van der Waals surface area contributed by atoms with Gasteiger partial charge in [0.25, 0.3) is 0 Å². The molecule has 1 fully saturated rings. The van der Waals surface area contributed by atoms with Crippen molar-refractivity contribution in [3.63, 3.8) is 0 Å². The van der Waals surface area contributed by atoms with E-state index in [-0.39, 0.29) is 0 Å². The lowest BCUT2D eigenvalue weighted by molar-refractivity contribution is 0.550. The molecule has 18 heavy (non-hydrogen) atoms. The van der Waals surface area contributed by atoms with Crippen LogP contribution in [0.3, 0.4) is 0 Å². The molecule has 0 spiro atoms. The first-order valence-corrected chi connectivity index (χ1v) is 7.74. The molecule has 102 valence electrons. The van der Waals surface area contributed by atoms with Crippen LogP contribution in [0.2, 0.25) is 0 Å². The van der Waals surface area contributed by atoms with Gasteiger partial charge in [0, 0.05) is 12.4 Å². The third kappa shape index (κ3) is 2.96. The van der Waals surface area contributed by atoms with E-state index in [1.165, 1.54) is 57.1 Å². The maximum atomic E-state index is 3.91. The van der Waals surface area contributed by atoms with Gasteiger partial charge in [0.1, 0.15) is 0 Å². The predicted molar refractivity (Wildman–Crippen MR) is 78.5 cm³/mol. The summed E-state index contributed by atoms with van der Waals surface area (Å²) in [5, 5.41) is 3.91. The van der Waals surface area contributed by atoms with Crippen molar-refractivity contribution in [2.24, 2.45) is 22.9 Å². The lowest BCUT2D eigenvalue weighted by Gasteiger charge is -2.17. The molecular weight excluding hydrogens is 220 g/mol. The van der Waals surface area contributed by atoms with Crippen LogP contribution in [0.5, 0.6) is 0 Å². The van der Waals surface area contributed by atoms with Gasteiger partial charge in [0.05, 0.1) is 0 Å². The Hall–Kier alpha value is -0.790. The summed E-state index contributed by atoms with van der Waals surface area (Å²) in [6, 6.07) is 0. The number of hydrazone groups is 1. The fourth-order valence-corrected chi connectivity index (χ4v) is 3.86. The second kappa shape index (κ2) is 6.40. The number of rotatable bonds is 6. The highest BCUT2D eigenvalue weighted by molar-refractivity contribution is 5.24. The normalized spacial score (nSPS) is 35.3. The topological polar surface area (TPSA) is 24.4 Å². The average Bonchev–Trinajstić information content (AvgIpc) is 3.04. The maximum absolute atomic E-state index is 3.91. The van der Waals surface area contributed by atoms with E-state index in [0.717, 1.165) is 17.8 Å². The number of unbranched alkanes of at least 4 members (excludes halogenated alkanes) is 1. The quantitative estimate of drug-likeness (QED) is 0.544. The summed E-state index contributed by atoms with van der Waals surface area (Å²) in [6.07, 6.45) is 10.5. The van der Waals surface area contributed by atoms with Crippen molar-refractivity contribution < 1.29 is 0 Å². The number of hydrogen-bond acceptors (Lipinski definition) is 2. The van der Waals surface area contributed by atoms with Crippen molar-refractivity contribution >= 4 is 6.72 Å². The first kappa shape index (κ1) is 13.6. The Labute approximate surface area is 112 Å². The molecule has 0 aromatic heterocycles. The Morgan fingerprint density at radius 2 is 1.94 bits per heavy atom. The van der Waals surface area contributed by atoms with Gasteiger partial charge in [-0.3, -0.25) is 5.43 Å². The van der Waals surface area contributed by atoms with E-state index in [0.29, 0.717) is 0 Å². The molecule has 0 heterocycles. The standard InChI is InChI=1S/C16H28N2/c1-4-6-7-12-8-9-14-13(5-2)15(14)10-11-16(12)18-17-3/h13-15,18H,3-11H2,1-2H3/b16-12+. The van der Waals surface area contributed by atoms with Crippen LogP contribution >= 0.6 is 0 Å². The Morgan fingerprint density at radius 3 is 2.56 bits per heavy atom. The van der Waals surface area contributed by atoms with Crippen molar-refractivity contribution in [1.29, 1.82) is 0 Å². The smallest absolute Gasteiger partial charge is 0.0327 e. The van der Waals surface area contributed by atoms with Gasteiger partial charge < -0.3 is 0 Å². The van der Waals surface area contributed by atoms with Crippen LogP contribution in [0.1, 0.15) is 65.2 Å². The van der Waals surface area contributed by atoms with Gasteiger partial charge in [-0.2, -0.15) is 5.10 Å². The molecular formula is C16H28N2. The Morgan fingerprint density at radius 1 is 1.22 bits per heavy atom. The van der Waals surface area contributed by atoms with E-state index in [1.807, 2.05) is 0 Å². The van der Waals surface area contributed by atoms with Crippen LogP contribution in [0.4, 0.5) is 0 Å². The lowest BCUT2D eigenvalue weighted by atomic mass is 9.94. The summed E-state index contributed by atoms with van der Waals surface area (Å²) in [4.78, 5) is 0. The Balaban J connectivity index is 2.01. The van der Waals surface area contributed by atoms with Gasteiger partial charge in [-0.15, -0.1) is 0 Å². The Kier molecular flexibility index (Phi) is 4.85. The minimum absolute atomic E-state index is 1.00. The predicted octanol–water partition coefficient (Wildman–Crippen LogP) is 4.48. The molecule has 2 heteroatoms. The maximum Gasteiger partial charge on any atom is 0.0327 e. The fourth-order valence-electron chi connectivity index (χ4n) is 3.86. The fraction of sp³-hybridized carbons (Fsp3) is 0.812. The van der Waals surface area contributed by atoms with Gasteiger partial charge in [-0.1, -0.05) is 26.7 Å². The molecule has 2 aliphatic carbocycles. The van der Waals surface area contributed by atoms with Crippen molar-refractivity contribution in [2.75, 3.05) is 0 Å². The van der Waals surface area contributed by atoms with Crippen molar-refractivity contribution in [1.82, 2.24) is 5.43 Å². The molecule has 2 nitrogen and oxygen atoms in total. The molecule has 0 radical (unpaired) electrons. The van der Waals surface area contributed by atoms with E-state index in [1.54, 1.807) is 5.57 Å².